The summed E-state index contributed by atoms with van der Waals surface area (Å²) in [6, 6.07) is 3.23. The molecule has 1 saturated heterocycles. The number of benzene rings is 1. The van der Waals surface area contributed by atoms with E-state index in [1.165, 1.54) is 32.0 Å². The first kappa shape index (κ1) is 23.8. The van der Waals surface area contributed by atoms with Crippen molar-refractivity contribution in [3.05, 3.63) is 61.8 Å². The second-order valence-corrected chi connectivity index (χ2v) is 11.3. The molecule has 0 radical (unpaired) electrons. The number of amides is 2. The van der Waals surface area contributed by atoms with Gasteiger partial charge in [0, 0.05) is 30.4 Å². The van der Waals surface area contributed by atoms with Crippen LogP contribution < -0.4 is 10.7 Å². The number of sulfonamides is 1. The number of nitrogens with one attached hydrogen (secondary N) is 1. The van der Waals surface area contributed by atoms with Crippen LogP contribution in [0.4, 0.5) is 4.39 Å². The van der Waals surface area contributed by atoms with E-state index >= 15 is 0 Å². The zero-order chi connectivity index (χ0) is 25.4. The zero-order valence-electron chi connectivity index (χ0n) is 18.8. The molecule has 2 aromatic rings. The molecule has 3 aliphatic rings. The highest BCUT2D eigenvalue weighted by Gasteiger charge is 2.55. The molecule has 186 valence electrons. The standard InChI is InChI=1S/C22H22ClFN4O6S/c1-10-9-26-21(28(10)35(2,33)34)14-7-6-13-15(18(29)19(30)17(22(26)32)27(13)14)20(31)25-8-11-4-3-5-12(23)16(11)24/h3-5,10,14,21,30H,6-9H2,1-2H3,(H,25,31)/t10-,14?,21?/m0/s1. The van der Waals surface area contributed by atoms with Gasteiger partial charge in [0.2, 0.25) is 15.5 Å². The summed E-state index contributed by atoms with van der Waals surface area (Å²) in [5.41, 5.74) is -1.26. The van der Waals surface area contributed by atoms with Gasteiger partial charge < -0.3 is 19.9 Å². The molecule has 1 aromatic carbocycles. The maximum absolute atomic E-state index is 14.2. The molecule has 3 aliphatic heterocycles. The van der Waals surface area contributed by atoms with Crippen molar-refractivity contribution in [1.82, 2.24) is 19.1 Å². The molecule has 13 heteroatoms. The highest BCUT2D eigenvalue weighted by Crippen LogP contribution is 2.44. The molecule has 0 saturated carbocycles. The molecular weight excluding hydrogens is 503 g/mol. The third kappa shape index (κ3) is 3.46. The van der Waals surface area contributed by atoms with Crippen molar-refractivity contribution in [1.29, 1.82) is 0 Å². The molecule has 2 N–H and O–H groups in total. The van der Waals surface area contributed by atoms with Crippen molar-refractivity contribution in [2.24, 2.45) is 0 Å². The summed E-state index contributed by atoms with van der Waals surface area (Å²) in [5.74, 6) is -3.08. The van der Waals surface area contributed by atoms with Crippen LogP contribution in [0.2, 0.25) is 5.02 Å². The first-order chi connectivity index (χ1) is 16.4. The fraction of sp³-hybridized carbons (Fsp3) is 0.409. The minimum atomic E-state index is -3.68. The Hall–Kier alpha value is -2.96. The number of carbonyl (C=O) groups is 2. The van der Waals surface area contributed by atoms with E-state index in [2.05, 4.69) is 5.32 Å². The quantitative estimate of drug-likeness (QED) is 0.618. The van der Waals surface area contributed by atoms with E-state index in [0.717, 1.165) is 6.26 Å². The van der Waals surface area contributed by atoms with E-state index in [4.69, 9.17) is 11.6 Å². The van der Waals surface area contributed by atoms with Gasteiger partial charge in [-0.1, -0.05) is 23.7 Å². The summed E-state index contributed by atoms with van der Waals surface area (Å²) in [5, 5.41) is 13.1. The number of carbonyl (C=O) groups excluding carboxylic acids is 2. The van der Waals surface area contributed by atoms with Gasteiger partial charge in [-0.05, 0) is 25.8 Å². The Balaban J connectivity index is 1.58. The molecule has 0 aliphatic carbocycles. The van der Waals surface area contributed by atoms with E-state index in [9.17, 15) is 32.3 Å². The number of pyridine rings is 1. The maximum Gasteiger partial charge on any atom is 0.275 e. The second kappa shape index (κ2) is 8.04. The Morgan fingerprint density at radius 2 is 2.03 bits per heavy atom. The Labute approximate surface area is 204 Å². The Morgan fingerprint density at radius 1 is 1.31 bits per heavy atom. The van der Waals surface area contributed by atoms with E-state index in [0.29, 0.717) is 6.42 Å². The van der Waals surface area contributed by atoms with E-state index in [-0.39, 0.29) is 47.0 Å². The van der Waals surface area contributed by atoms with Gasteiger partial charge >= 0.3 is 0 Å². The molecular formula is C22H22ClFN4O6S. The van der Waals surface area contributed by atoms with Gasteiger partial charge in [-0.2, -0.15) is 4.31 Å². The minimum Gasteiger partial charge on any atom is -0.503 e. The van der Waals surface area contributed by atoms with Crippen molar-refractivity contribution in [2.45, 2.75) is 44.6 Å². The number of hydrogen-bond acceptors (Lipinski definition) is 6. The van der Waals surface area contributed by atoms with Crippen molar-refractivity contribution >= 4 is 33.4 Å². The normalized spacial score (nSPS) is 23.4. The summed E-state index contributed by atoms with van der Waals surface area (Å²) in [6.45, 7) is 1.54. The summed E-state index contributed by atoms with van der Waals surface area (Å²) in [7, 11) is -3.68. The number of nitrogens with zero attached hydrogens (tertiary/aromatic N) is 3. The predicted molar refractivity (Wildman–Crippen MR) is 123 cm³/mol. The first-order valence-corrected chi connectivity index (χ1v) is 13.2. The fourth-order valence-corrected chi connectivity index (χ4v) is 7.09. The highest BCUT2D eigenvalue weighted by atomic mass is 35.5. The van der Waals surface area contributed by atoms with Crippen LogP contribution >= 0.6 is 11.6 Å². The molecule has 0 bridgehead atoms. The van der Waals surface area contributed by atoms with Gasteiger partial charge in [0.25, 0.3) is 11.8 Å². The molecule has 0 spiro atoms. The zero-order valence-corrected chi connectivity index (χ0v) is 20.4. The second-order valence-electron chi connectivity index (χ2n) is 9.03. The van der Waals surface area contributed by atoms with E-state index < -0.39 is 57.1 Å². The maximum atomic E-state index is 14.2. The van der Waals surface area contributed by atoms with Crippen LogP contribution in [0.5, 0.6) is 5.75 Å². The van der Waals surface area contributed by atoms with Crippen LogP contribution in [0.25, 0.3) is 0 Å². The van der Waals surface area contributed by atoms with Gasteiger partial charge in [-0.25, -0.2) is 12.8 Å². The molecule has 2 unspecified atom stereocenters. The number of halogens is 2. The number of aromatic nitrogens is 1. The molecule has 2 amide bonds. The van der Waals surface area contributed by atoms with Crippen LogP contribution in [0.3, 0.4) is 0 Å². The molecule has 4 heterocycles. The van der Waals surface area contributed by atoms with Crippen LogP contribution in [0.1, 0.15) is 51.5 Å². The first-order valence-electron chi connectivity index (χ1n) is 10.9. The number of aromatic hydroxyl groups is 1. The average molecular weight is 525 g/mol. The molecule has 35 heavy (non-hydrogen) atoms. The molecule has 3 atom stereocenters. The van der Waals surface area contributed by atoms with Gasteiger partial charge in [0.15, 0.2) is 11.4 Å². The van der Waals surface area contributed by atoms with Gasteiger partial charge in [0.1, 0.15) is 17.5 Å². The van der Waals surface area contributed by atoms with Gasteiger partial charge in [-0.3, -0.25) is 14.4 Å². The van der Waals surface area contributed by atoms with E-state index in [1.807, 2.05) is 0 Å². The topological polar surface area (TPSA) is 129 Å². The molecule has 1 aromatic heterocycles. The predicted octanol–water partition coefficient (Wildman–Crippen LogP) is 1.21. The molecule has 5 rings (SSSR count). The summed E-state index contributed by atoms with van der Waals surface area (Å²) in [6.07, 6.45) is 0.802. The van der Waals surface area contributed by atoms with E-state index in [1.54, 1.807) is 6.92 Å². The molecule has 1 fully saturated rings. The fourth-order valence-electron chi connectivity index (χ4n) is 5.53. The summed E-state index contributed by atoms with van der Waals surface area (Å²) >= 11 is 5.78. The van der Waals surface area contributed by atoms with Crippen molar-refractivity contribution in [3.63, 3.8) is 0 Å². The third-order valence-corrected chi connectivity index (χ3v) is 8.49. The SMILES string of the molecule is C[C@H]1CN2C(=O)c3c(O)c(=O)c(C(=O)NCc4cccc(Cl)c4F)c4n3C(CC4)C2N1S(C)(=O)=O. The van der Waals surface area contributed by atoms with Crippen LogP contribution in [0, 0.1) is 5.82 Å². The monoisotopic (exact) mass is 524 g/mol. The van der Waals surface area contributed by atoms with Crippen molar-refractivity contribution < 1.29 is 27.5 Å². The van der Waals surface area contributed by atoms with Crippen LogP contribution in [-0.4, -0.2) is 64.1 Å². The number of hydrogen-bond donors (Lipinski definition) is 2. The summed E-state index contributed by atoms with van der Waals surface area (Å²) < 4.78 is 42.0. The number of rotatable bonds is 4. The minimum absolute atomic E-state index is 0.108. The Kier molecular flexibility index (Phi) is 5.46. The van der Waals surface area contributed by atoms with Gasteiger partial charge in [0.05, 0.1) is 17.3 Å². The third-order valence-electron chi connectivity index (χ3n) is 6.86. The Morgan fingerprint density at radius 3 is 2.71 bits per heavy atom. The summed E-state index contributed by atoms with van der Waals surface area (Å²) in [4.78, 5) is 40.8. The van der Waals surface area contributed by atoms with Gasteiger partial charge in [-0.15, -0.1) is 0 Å². The van der Waals surface area contributed by atoms with Crippen molar-refractivity contribution in [2.75, 3.05) is 12.8 Å². The van der Waals surface area contributed by atoms with Crippen molar-refractivity contribution in [3.8, 4) is 5.75 Å². The largest absolute Gasteiger partial charge is 0.503 e. The van der Waals surface area contributed by atoms with Crippen LogP contribution in [0.15, 0.2) is 23.0 Å². The van der Waals surface area contributed by atoms with Crippen LogP contribution in [-0.2, 0) is 23.0 Å². The average Bonchev–Trinajstić information content (AvgIpc) is 3.36. The lowest BCUT2D eigenvalue weighted by Crippen LogP contribution is -2.54. The lowest BCUT2D eigenvalue weighted by Gasteiger charge is -2.40. The lowest BCUT2D eigenvalue weighted by atomic mass is 10.1. The lowest BCUT2D eigenvalue weighted by molar-refractivity contribution is 0.0514. The Bertz CT molecular complexity index is 1460. The highest BCUT2D eigenvalue weighted by molar-refractivity contribution is 7.88. The molecule has 10 nitrogen and oxygen atoms in total. The number of fused-ring (bicyclic) bond motifs is 2. The smallest absolute Gasteiger partial charge is 0.275 e.